The molecular weight excluding hydrogens is 288 g/mol. The van der Waals surface area contributed by atoms with Crippen molar-refractivity contribution in [2.24, 2.45) is 0 Å². The number of ether oxygens (including phenoxy) is 1. The molecule has 0 aromatic heterocycles. The Balaban J connectivity index is 2.13. The number of aldehydes is 1. The van der Waals surface area contributed by atoms with Gasteiger partial charge in [0.25, 0.3) is 0 Å². The third-order valence-electron chi connectivity index (χ3n) is 4.71. The van der Waals surface area contributed by atoms with Crippen LogP contribution in [0.25, 0.3) is 0 Å². The van der Waals surface area contributed by atoms with Crippen molar-refractivity contribution in [3.05, 3.63) is 71.3 Å². The molecule has 0 amide bonds. The van der Waals surface area contributed by atoms with Gasteiger partial charge in [0.05, 0.1) is 17.9 Å². The Labute approximate surface area is 136 Å². The molecule has 0 radical (unpaired) electrons. The fraction of sp³-hybridized carbons (Fsp3) is 0.300. The molecule has 1 aliphatic rings. The van der Waals surface area contributed by atoms with Crippen LogP contribution in [0.15, 0.2) is 54.6 Å². The van der Waals surface area contributed by atoms with Gasteiger partial charge in [0.1, 0.15) is 6.29 Å². The maximum absolute atomic E-state index is 12.3. The maximum atomic E-state index is 12.3. The highest BCUT2D eigenvalue weighted by Gasteiger charge is 2.43. The lowest BCUT2D eigenvalue weighted by atomic mass is 9.64. The second-order valence-electron chi connectivity index (χ2n) is 5.89. The van der Waals surface area contributed by atoms with Gasteiger partial charge >= 0.3 is 5.97 Å². The maximum Gasteiger partial charge on any atom is 0.313 e. The number of carbonyl (C=O) groups excluding carboxylic acids is 2. The summed E-state index contributed by atoms with van der Waals surface area (Å²) in [5.41, 5.74) is 2.13. The fourth-order valence-electron chi connectivity index (χ4n) is 3.58. The Hall–Kier alpha value is -2.42. The van der Waals surface area contributed by atoms with Crippen LogP contribution in [0.3, 0.4) is 0 Å². The molecule has 0 saturated carbocycles. The second kappa shape index (κ2) is 6.37. The molecule has 0 aliphatic heterocycles. The lowest BCUT2D eigenvalue weighted by molar-refractivity contribution is -0.145. The van der Waals surface area contributed by atoms with Gasteiger partial charge in [-0.3, -0.25) is 4.79 Å². The van der Waals surface area contributed by atoms with E-state index in [1.54, 1.807) is 0 Å². The minimum atomic E-state index is -0.680. The molecule has 23 heavy (non-hydrogen) atoms. The van der Waals surface area contributed by atoms with E-state index in [1.807, 2.05) is 61.5 Å². The summed E-state index contributed by atoms with van der Waals surface area (Å²) in [6.07, 6.45) is 2.26. The summed E-state index contributed by atoms with van der Waals surface area (Å²) in [7, 11) is 0. The van der Waals surface area contributed by atoms with Gasteiger partial charge < -0.3 is 9.53 Å². The first-order valence-electron chi connectivity index (χ1n) is 8.01. The first kappa shape index (κ1) is 15.5. The van der Waals surface area contributed by atoms with Gasteiger partial charge in [0, 0.05) is 0 Å². The van der Waals surface area contributed by atoms with Gasteiger partial charge in [0.15, 0.2) is 0 Å². The molecular formula is C20H20O3. The van der Waals surface area contributed by atoms with Gasteiger partial charge in [-0.2, -0.15) is 0 Å². The quantitative estimate of drug-likeness (QED) is 0.640. The summed E-state index contributed by atoms with van der Waals surface area (Å²) in [5.74, 6) is -0.490. The van der Waals surface area contributed by atoms with Crippen molar-refractivity contribution in [3.63, 3.8) is 0 Å². The van der Waals surface area contributed by atoms with Crippen molar-refractivity contribution >= 4 is 12.3 Å². The zero-order chi connectivity index (χ0) is 16.3. The standard InChI is InChI=1S/C20H20O3/c1-2-23-19(22)17-12-13-20(14-21,15-8-4-3-5-9-15)18-11-7-6-10-16(17)18/h3-11,14,17H,2,12-13H2,1H3. The topological polar surface area (TPSA) is 43.4 Å². The molecule has 2 unspecified atom stereocenters. The van der Waals surface area contributed by atoms with Crippen molar-refractivity contribution in [1.29, 1.82) is 0 Å². The SMILES string of the molecule is CCOC(=O)C1CCC(C=O)(c2ccccc2)c2ccccc21. The number of benzene rings is 2. The molecule has 0 N–H and O–H groups in total. The number of hydrogen-bond donors (Lipinski definition) is 0. The minimum absolute atomic E-state index is 0.201. The molecule has 3 nitrogen and oxygen atoms in total. The van der Waals surface area contributed by atoms with Crippen LogP contribution in [0.4, 0.5) is 0 Å². The molecule has 0 fully saturated rings. The largest absolute Gasteiger partial charge is 0.466 e. The number of rotatable bonds is 4. The van der Waals surface area contributed by atoms with E-state index in [0.29, 0.717) is 19.4 Å². The normalized spacial score (nSPS) is 22.9. The third-order valence-corrected chi connectivity index (χ3v) is 4.71. The predicted molar refractivity (Wildman–Crippen MR) is 88.3 cm³/mol. The van der Waals surface area contributed by atoms with Gasteiger partial charge in [0.2, 0.25) is 0 Å². The van der Waals surface area contributed by atoms with Crippen molar-refractivity contribution in [1.82, 2.24) is 0 Å². The molecule has 0 spiro atoms. The van der Waals surface area contributed by atoms with Crippen molar-refractivity contribution < 1.29 is 14.3 Å². The number of hydrogen-bond acceptors (Lipinski definition) is 3. The van der Waals surface area contributed by atoms with Gasteiger partial charge in [-0.15, -0.1) is 0 Å². The molecule has 3 rings (SSSR count). The second-order valence-corrected chi connectivity index (χ2v) is 5.89. The Kier molecular flexibility index (Phi) is 4.28. The van der Waals surface area contributed by atoms with Crippen LogP contribution in [0, 0.1) is 0 Å². The lowest BCUT2D eigenvalue weighted by Crippen LogP contribution is -2.37. The van der Waals surface area contributed by atoms with Crippen LogP contribution in [0.1, 0.15) is 42.4 Å². The summed E-state index contributed by atoms with van der Waals surface area (Å²) in [4.78, 5) is 24.4. The molecule has 0 bridgehead atoms. The summed E-state index contributed by atoms with van der Waals surface area (Å²) < 4.78 is 5.22. The Morgan fingerprint density at radius 2 is 1.87 bits per heavy atom. The fourth-order valence-corrected chi connectivity index (χ4v) is 3.58. The molecule has 118 valence electrons. The highest BCUT2D eigenvalue weighted by atomic mass is 16.5. The van der Waals surface area contributed by atoms with Crippen LogP contribution in [-0.2, 0) is 19.7 Å². The van der Waals surface area contributed by atoms with Crippen LogP contribution in [-0.4, -0.2) is 18.9 Å². The summed E-state index contributed by atoms with van der Waals surface area (Å²) >= 11 is 0. The average Bonchev–Trinajstić information content (AvgIpc) is 2.61. The van der Waals surface area contributed by atoms with E-state index in [4.69, 9.17) is 4.74 Å². The van der Waals surface area contributed by atoms with E-state index >= 15 is 0 Å². The molecule has 2 aromatic carbocycles. The number of esters is 1. The Bertz CT molecular complexity index is 708. The van der Waals surface area contributed by atoms with Crippen LogP contribution in [0.2, 0.25) is 0 Å². The van der Waals surface area contributed by atoms with Crippen LogP contribution in [0.5, 0.6) is 0 Å². The van der Waals surface area contributed by atoms with Crippen LogP contribution < -0.4 is 0 Å². The summed E-state index contributed by atoms with van der Waals surface area (Å²) in [6.45, 7) is 2.18. The molecule has 0 heterocycles. The Morgan fingerprint density at radius 3 is 2.57 bits per heavy atom. The zero-order valence-electron chi connectivity index (χ0n) is 13.2. The lowest BCUT2D eigenvalue weighted by Gasteiger charge is -2.38. The van der Waals surface area contributed by atoms with E-state index in [-0.39, 0.29) is 11.9 Å². The average molecular weight is 308 g/mol. The van der Waals surface area contributed by atoms with E-state index in [9.17, 15) is 9.59 Å². The van der Waals surface area contributed by atoms with E-state index < -0.39 is 5.41 Å². The van der Waals surface area contributed by atoms with Gasteiger partial charge in [-0.1, -0.05) is 54.6 Å². The number of carbonyl (C=O) groups is 2. The van der Waals surface area contributed by atoms with E-state index in [1.165, 1.54) is 0 Å². The third kappa shape index (κ3) is 2.56. The van der Waals surface area contributed by atoms with Crippen molar-refractivity contribution in [3.8, 4) is 0 Å². The summed E-state index contributed by atoms with van der Waals surface area (Å²) in [6, 6.07) is 17.5. The van der Waals surface area contributed by atoms with Gasteiger partial charge in [-0.25, -0.2) is 0 Å². The highest BCUT2D eigenvalue weighted by Crippen LogP contribution is 2.46. The monoisotopic (exact) mass is 308 g/mol. The Morgan fingerprint density at radius 1 is 1.17 bits per heavy atom. The number of fused-ring (bicyclic) bond motifs is 1. The molecule has 1 aliphatic carbocycles. The predicted octanol–water partition coefficient (Wildman–Crippen LogP) is 3.61. The van der Waals surface area contributed by atoms with E-state index in [0.717, 1.165) is 23.0 Å². The smallest absolute Gasteiger partial charge is 0.313 e. The van der Waals surface area contributed by atoms with E-state index in [2.05, 4.69) is 0 Å². The van der Waals surface area contributed by atoms with Crippen LogP contribution >= 0.6 is 0 Å². The molecule has 0 saturated heterocycles. The minimum Gasteiger partial charge on any atom is -0.466 e. The first-order valence-corrected chi connectivity index (χ1v) is 8.01. The molecule has 3 heteroatoms. The van der Waals surface area contributed by atoms with Crippen molar-refractivity contribution in [2.75, 3.05) is 6.61 Å². The molecule has 2 aromatic rings. The first-order chi connectivity index (χ1) is 11.2. The summed E-state index contributed by atoms with van der Waals surface area (Å²) in [5, 5.41) is 0. The molecule has 2 atom stereocenters. The van der Waals surface area contributed by atoms with Crippen molar-refractivity contribution in [2.45, 2.75) is 31.1 Å². The van der Waals surface area contributed by atoms with Gasteiger partial charge in [-0.05, 0) is 36.5 Å². The zero-order valence-corrected chi connectivity index (χ0v) is 13.2. The highest BCUT2D eigenvalue weighted by molar-refractivity contribution is 5.84.